The third-order valence-corrected chi connectivity index (χ3v) is 9.04. The number of carbonyl (C=O) groups is 2. The van der Waals surface area contributed by atoms with E-state index >= 15 is 0 Å². The van der Waals surface area contributed by atoms with E-state index in [1.54, 1.807) is 11.8 Å². The summed E-state index contributed by atoms with van der Waals surface area (Å²) in [5, 5.41) is 0. The summed E-state index contributed by atoms with van der Waals surface area (Å²) in [5.41, 5.74) is 3.86. The highest BCUT2D eigenvalue weighted by atomic mass is 32.2. The van der Waals surface area contributed by atoms with Crippen molar-refractivity contribution in [1.82, 2.24) is 9.62 Å². The minimum atomic E-state index is -3.84. The Morgan fingerprint density at radius 2 is 1.74 bits per heavy atom. The van der Waals surface area contributed by atoms with Crippen molar-refractivity contribution < 1.29 is 22.7 Å². The number of esters is 1. The molecule has 34 heavy (non-hydrogen) atoms. The maximum absolute atomic E-state index is 13.0. The summed E-state index contributed by atoms with van der Waals surface area (Å²) in [6.45, 7) is 2.57. The number of rotatable bonds is 7. The number of methoxy groups -OCH3 is 1. The van der Waals surface area contributed by atoms with Crippen molar-refractivity contribution in [1.29, 1.82) is 0 Å². The average molecular weight is 499 g/mol. The van der Waals surface area contributed by atoms with Crippen LogP contribution in [-0.4, -0.2) is 45.4 Å². The van der Waals surface area contributed by atoms with Gasteiger partial charge in [0.05, 0.1) is 25.6 Å². The van der Waals surface area contributed by atoms with Gasteiger partial charge in [0.1, 0.15) is 4.21 Å². The first-order chi connectivity index (χ1) is 16.3. The van der Waals surface area contributed by atoms with Crippen molar-refractivity contribution in [2.75, 3.05) is 20.2 Å². The Morgan fingerprint density at radius 3 is 2.38 bits per heavy atom. The lowest BCUT2D eigenvalue weighted by atomic mass is 10.0. The van der Waals surface area contributed by atoms with E-state index in [4.69, 9.17) is 4.74 Å². The number of ether oxygens (including phenoxy) is 1. The summed E-state index contributed by atoms with van der Waals surface area (Å²) in [4.78, 5) is 27.9. The van der Waals surface area contributed by atoms with Gasteiger partial charge in [-0.25, -0.2) is 17.9 Å². The van der Waals surface area contributed by atoms with Crippen LogP contribution < -0.4 is 4.72 Å². The maximum atomic E-state index is 13.0. The molecule has 0 unspecified atom stereocenters. The second-order valence-corrected chi connectivity index (χ2v) is 11.0. The number of hydrogen-bond acceptors (Lipinski definition) is 6. The number of sulfonamides is 1. The molecule has 0 spiro atoms. The number of carbonyl (C=O) groups excluding carboxylic acids is 2. The van der Waals surface area contributed by atoms with Crippen LogP contribution in [0.15, 0.2) is 58.8 Å². The molecule has 1 amide bonds. The van der Waals surface area contributed by atoms with Gasteiger partial charge >= 0.3 is 5.97 Å². The zero-order valence-corrected chi connectivity index (χ0v) is 20.7. The summed E-state index contributed by atoms with van der Waals surface area (Å²) >= 11 is 1.03. The molecule has 1 aliphatic rings. The van der Waals surface area contributed by atoms with Gasteiger partial charge < -0.3 is 9.64 Å². The normalized spacial score (nSPS) is 13.4. The number of amides is 1. The Morgan fingerprint density at radius 1 is 1.06 bits per heavy atom. The third-order valence-electron chi connectivity index (χ3n) is 5.76. The molecule has 1 aliphatic heterocycles. The predicted octanol–water partition coefficient (Wildman–Crippen LogP) is 3.63. The molecule has 4 rings (SSSR count). The van der Waals surface area contributed by atoms with Crippen LogP contribution in [0.3, 0.4) is 0 Å². The quantitative estimate of drug-likeness (QED) is 0.502. The van der Waals surface area contributed by atoms with Crippen molar-refractivity contribution in [2.45, 2.75) is 30.5 Å². The van der Waals surface area contributed by atoms with Gasteiger partial charge in [0.15, 0.2) is 0 Å². The molecule has 2 aromatic carbocycles. The Kier molecular flexibility index (Phi) is 7.16. The fourth-order valence-electron chi connectivity index (χ4n) is 4.08. The molecule has 0 fully saturated rings. The highest BCUT2D eigenvalue weighted by Gasteiger charge is 2.34. The van der Waals surface area contributed by atoms with Gasteiger partial charge in [0.2, 0.25) is 5.91 Å². The monoisotopic (exact) mass is 498 g/mol. The largest absolute Gasteiger partial charge is 0.465 e. The number of hydrogen-bond donors (Lipinski definition) is 1. The van der Waals surface area contributed by atoms with E-state index in [-0.39, 0.29) is 35.2 Å². The summed E-state index contributed by atoms with van der Waals surface area (Å²) in [5.74, 6) is -0.713. The van der Waals surface area contributed by atoms with Gasteiger partial charge in [0.25, 0.3) is 10.0 Å². The molecule has 0 atom stereocenters. The summed E-state index contributed by atoms with van der Waals surface area (Å²) in [6, 6.07) is 18.0. The summed E-state index contributed by atoms with van der Waals surface area (Å²) < 4.78 is 32.6. The van der Waals surface area contributed by atoms with E-state index < -0.39 is 16.0 Å². The number of nitrogens with zero attached hydrogens (tertiary/aromatic N) is 1. The van der Waals surface area contributed by atoms with E-state index in [9.17, 15) is 18.0 Å². The molecule has 0 saturated heterocycles. The fraction of sp³-hybridized carbons (Fsp3) is 0.280. The first-order valence-corrected chi connectivity index (χ1v) is 13.3. The minimum absolute atomic E-state index is 0.0396. The van der Waals surface area contributed by atoms with E-state index in [0.717, 1.165) is 28.0 Å². The number of fused-ring (bicyclic) bond motifs is 1. The Balaban J connectivity index is 1.52. The molecule has 7 nitrogen and oxygen atoms in total. The van der Waals surface area contributed by atoms with E-state index in [1.807, 2.05) is 54.6 Å². The Bertz CT molecular complexity index is 1300. The molecule has 178 valence electrons. The van der Waals surface area contributed by atoms with Crippen LogP contribution in [0.4, 0.5) is 0 Å². The number of benzene rings is 2. The van der Waals surface area contributed by atoms with Crippen LogP contribution in [-0.2, 0) is 38.9 Å². The number of nitrogens with one attached hydrogen (secondary N) is 1. The topological polar surface area (TPSA) is 92.8 Å². The molecular formula is C25H26N2O5S2. The third kappa shape index (κ3) is 4.91. The second-order valence-electron chi connectivity index (χ2n) is 7.96. The molecule has 0 aliphatic carbocycles. The highest BCUT2D eigenvalue weighted by Crippen LogP contribution is 2.36. The van der Waals surface area contributed by atoms with Crippen molar-refractivity contribution in [3.05, 3.63) is 76.2 Å². The van der Waals surface area contributed by atoms with Crippen LogP contribution in [0.2, 0.25) is 0 Å². The molecule has 1 N–H and O–H groups in total. The zero-order valence-electron chi connectivity index (χ0n) is 19.0. The molecule has 2 heterocycles. The van der Waals surface area contributed by atoms with Crippen molar-refractivity contribution in [3.63, 3.8) is 0 Å². The van der Waals surface area contributed by atoms with Crippen LogP contribution >= 0.6 is 11.3 Å². The Hall–Kier alpha value is -3.01. The van der Waals surface area contributed by atoms with Crippen LogP contribution in [0.5, 0.6) is 0 Å². The van der Waals surface area contributed by atoms with E-state index in [0.29, 0.717) is 23.4 Å². The molecule has 0 bridgehead atoms. The first kappa shape index (κ1) is 24.1. The molecule has 3 aromatic rings. The zero-order chi connectivity index (χ0) is 24.3. The van der Waals surface area contributed by atoms with E-state index in [1.165, 1.54) is 7.11 Å². The SMILES string of the molecule is CCNS(=O)(=O)c1sc2c(c1C(=O)OC)CCN(C(=O)Cc1ccc(-c3ccccc3)cc1)C2. The second kappa shape index (κ2) is 10.1. The number of thiophene rings is 1. The standard InChI is InChI=1S/C25H26N2O5S2/c1-3-26-34(30,31)25-23(24(29)32-2)20-13-14-27(16-21(20)33-25)22(28)15-17-9-11-19(12-10-17)18-7-5-4-6-8-18/h4-12,26H,3,13-16H2,1-2H3. The van der Waals surface area contributed by atoms with Crippen LogP contribution in [0.1, 0.15) is 33.3 Å². The van der Waals surface area contributed by atoms with Gasteiger partial charge in [-0.1, -0.05) is 61.5 Å². The van der Waals surface area contributed by atoms with Gasteiger partial charge in [-0.05, 0) is 28.7 Å². The lowest BCUT2D eigenvalue weighted by Gasteiger charge is -2.27. The van der Waals surface area contributed by atoms with Gasteiger partial charge in [0, 0.05) is 18.0 Å². The fourth-order valence-corrected chi connectivity index (χ4v) is 7.06. The van der Waals surface area contributed by atoms with Crippen molar-refractivity contribution in [2.24, 2.45) is 0 Å². The molecule has 0 saturated carbocycles. The van der Waals surface area contributed by atoms with E-state index in [2.05, 4.69) is 4.72 Å². The minimum Gasteiger partial charge on any atom is -0.465 e. The summed E-state index contributed by atoms with van der Waals surface area (Å²) in [7, 11) is -2.61. The van der Waals surface area contributed by atoms with Gasteiger partial charge in [-0.15, -0.1) is 11.3 Å². The Labute approximate surface area is 203 Å². The predicted molar refractivity (Wildman–Crippen MR) is 131 cm³/mol. The molecule has 1 aromatic heterocycles. The van der Waals surface area contributed by atoms with Crippen molar-refractivity contribution in [3.8, 4) is 11.1 Å². The van der Waals surface area contributed by atoms with Gasteiger partial charge in [-0.2, -0.15) is 0 Å². The summed E-state index contributed by atoms with van der Waals surface area (Å²) in [6.07, 6.45) is 0.652. The van der Waals surface area contributed by atoms with Crippen molar-refractivity contribution >= 4 is 33.2 Å². The maximum Gasteiger partial charge on any atom is 0.340 e. The lowest BCUT2D eigenvalue weighted by molar-refractivity contribution is -0.131. The first-order valence-electron chi connectivity index (χ1n) is 11.0. The molecule has 0 radical (unpaired) electrons. The highest BCUT2D eigenvalue weighted by molar-refractivity contribution is 7.91. The lowest BCUT2D eigenvalue weighted by Crippen LogP contribution is -2.36. The average Bonchev–Trinajstić information content (AvgIpc) is 3.24. The van der Waals surface area contributed by atoms with Gasteiger partial charge in [-0.3, -0.25) is 4.79 Å². The molecule has 9 heteroatoms. The smallest absolute Gasteiger partial charge is 0.340 e. The van der Waals surface area contributed by atoms with Crippen LogP contribution in [0.25, 0.3) is 11.1 Å². The molecular weight excluding hydrogens is 472 g/mol. The van der Waals surface area contributed by atoms with Crippen LogP contribution in [0, 0.1) is 0 Å².